The molecular weight excluding hydrogens is 336 g/mol. The maximum Gasteiger partial charge on any atom is 0.328 e. The number of aryl methyl sites for hydroxylation is 2. The third-order valence-corrected chi connectivity index (χ3v) is 5.27. The molecule has 1 aromatic carbocycles. The average molecular weight is 356 g/mol. The molecule has 3 rings (SSSR count). The number of esters is 1. The Morgan fingerprint density at radius 1 is 1.32 bits per heavy atom. The van der Waals surface area contributed by atoms with E-state index in [1.165, 1.54) is 33.4 Å². The molecule has 5 nitrogen and oxygen atoms in total. The van der Waals surface area contributed by atoms with Crippen molar-refractivity contribution in [1.82, 2.24) is 9.55 Å². The van der Waals surface area contributed by atoms with Gasteiger partial charge in [0.25, 0.3) is 5.56 Å². The van der Waals surface area contributed by atoms with E-state index in [4.69, 9.17) is 4.74 Å². The Labute approximate surface area is 149 Å². The van der Waals surface area contributed by atoms with Crippen LogP contribution in [0.2, 0.25) is 0 Å². The summed E-state index contributed by atoms with van der Waals surface area (Å²) in [5.74, 6) is -0.436. The first-order valence-corrected chi connectivity index (χ1v) is 9.04. The predicted molar refractivity (Wildman–Crippen MR) is 100 cm³/mol. The van der Waals surface area contributed by atoms with Gasteiger partial charge in [0.2, 0.25) is 0 Å². The van der Waals surface area contributed by atoms with Crippen LogP contribution < -0.4 is 5.56 Å². The fraction of sp³-hybridized carbons (Fsp3) is 0.316. The van der Waals surface area contributed by atoms with Crippen molar-refractivity contribution < 1.29 is 9.53 Å². The summed E-state index contributed by atoms with van der Waals surface area (Å²) in [5, 5.41) is 2.50. The van der Waals surface area contributed by atoms with Crippen LogP contribution in [0.1, 0.15) is 31.0 Å². The van der Waals surface area contributed by atoms with Crippen LogP contribution in [0.25, 0.3) is 21.3 Å². The summed E-state index contributed by atoms with van der Waals surface area (Å²) < 4.78 is 6.37. The molecule has 0 radical (unpaired) electrons. The number of hydrogen-bond donors (Lipinski definition) is 0. The monoisotopic (exact) mass is 356 g/mol. The summed E-state index contributed by atoms with van der Waals surface area (Å²) in [6.07, 6.45) is 1.42. The number of carbonyl (C=O) groups is 1. The fourth-order valence-corrected chi connectivity index (χ4v) is 3.63. The van der Waals surface area contributed by atoms with Crippen molar-refractivity contribution in [3.05, 3.63) is 51.4 Å². The van der Waals surface area contributed by atoms with E-state index >= 15 is 0 Å². The van der Waals surface area contributed by atoms with E-state index in [-0.39, 0.29) is 12.2 Å². The highest BCUT2D eigenvalue weighted by Crippen LogP contribution is 2.31. The topological polar surface area (TPSA) is 61.2 Å². The number of nitrogens with zero attached hydrogens (tertiary/aromatic N) is 2. The van der Waals surface area contributed by atoms with Gasteiger partial charge in [-0.2, -0.15) is 0 Å². The molecule has 2 aromatic heterocycles. The smallest absolute Gasteiger partial charge is 0.328 e. The number of carbonyl (C=O) groups excluding carboxylic acids is 1. The number of benzene rings is 1. The number of fused-ring (bicyclic) bond motifs is 1. The van der Waals surface area contributed by atoms with Gasteiger partial charge in [0, 0.05) is 10.9 Å². The van der Waals surface area contributed by atoms with Gasteiger partial charge in [0.15, 0.2) is 0 Å². The molecule has 0 saturated heterocycles. The van der Waals surface area contributed by atoms with Crippen LogP contribution in [0.4, 0.5) is 0 Å². The Morgan fingerprint density at radius 3 is 2.76 bits per heavy atom. The standard InChI is InChI=1S/C19H20N2O3S/c1-5-24-19(23)13(4)21-10-20-17-16(18(21)22)15(9-25-17)14-7-6-11(2)12(3)8-14/h6-10,13H,5H2,1-4H3/t13-/m1/s1. The van der Waals surface area contributed by atoms with Crippen LogP contribution in [0, 0.1) is 13.8 Å². The lowest BCUT2D eigenvalue weighted by atomic mass is 10.0. The van der Waals surface area contributed by atoms with E-state index in [0.717, 1.165) is 11.1 Å². The largest absolute Gasteiger partial charge is 0.464 e. The average Bonchev–Trinajstić information content (AvgIpc) is 3.02. The van der Waals surface area contributed by atoms with Crippen LogP contribution in [0.3, 0.4) is 0 Å². The normalized spacial score (nSPS) is 12.3. The zero-order valence-electron chi connectivity index (χ0n) is 14.7. The van der Waals surface area contributed by atoms with Crippen LogP contribution in [-0.2, 0) is 9.53 Å². The van der Waals surface area contributed by atoms with Crippen molar-refractivity contribution in [2.75, 3.05) is 6.61 Å². The molecule has 0 fully saturated rings. The van der Waals surface area contributed by atoms with Gasteiger partial charge < -0.3 is 4.74 Å². The molecule has 0 amide bonds. The first kappa shape index (κ1) is 17.4. The van der Waals surface area contributed by atoms with E-state index < -0.39 is 12.0 Å². The van der Waals surface area contributed by atoms with Crippen molar-refractivity contribution >= 4 is 27.5 Å². The Kier molecular flexibility index (Phi) is 4.72. The van der Waals surface area contributed by atoms with E-state index in [2.05, 4.69) is 18.0 Å². The summed E-state index contributed by atoms with van der Waals surface area (Å²) in [5.41, 5.74) is 3.98. The van der Waals surface area contributed by atoms with Gasteiger partial charge in [0.1, 0.15) is 10.9 Å². The first-order chi connectivity index (χ1) is 11.9. The van der Waals surface area contributed by atoms with Crippen molar-refractivity contribution in [2.24, 2.45) is 0 Å². The van der Waals surface area contributed by atoms with Gasteiger partial charge >= 0.3 is 5.97 Å². The Morgan fingerprint density at radius 2 is 2.08 bits per heavy atom. The van der Waals surface area contributed by atoms with Crippen LogP contribution in [0.5, 0.6) is 0 Å². The molecule has 6 heteroatoms. The first-order valence-electron chi connectivity index (χ1n) is 8.16. The second-order valence-corrected chi connectivity index (χ2v) is 6.87. The van der Waals surface area contributed by atoms with Gasteiger partial charge in [-0.15, -0.1) is 11.3 Å². The molecule has 0 saturated carbocycles. The Bertz CT molecular complexity index is 1000. The number of ether oxygens (including phenoxy) is 1. The Hall–Kier alpha value is -2.47. The summed E-state index contributed by atoms with van der Waals surface area (Å²) in [6.45, 7) is 7.77. The van der Waals surface area contributed by atoms with Crippen molar-refractivity contribution in [1.29, 1.82) is 0 Å². The maximum atomic E-state index is 13.0. The van der Waals surface area contributed by atoms with Gasteiger partial charge in [-0.1, -0.05) is 18.2 Å². The summed E-state index contributed by atoms with van der Waals surface area (Å²) in [7, 11) is 0. The highest BCUT2D eigenvalue weighted by atomic mass is 32.1. The molecule has 0 unspecified atom stereocenters. The quantitative estimate of drug-likeness (QED) is 0.666. The molecule has 2 heterocycles. The minimum absolute atomic E-state index is 0.222. The van der Waals surface area contributed by atoms with Crippen LogP contribution >= 0.6 is 11.3 Å². The summed E-state index contributed by atoms with van der Waals surface area (Å²) in [6, 6.07) is 5.42. The van der Waals surface area contributed by atoms with Crippen molar-refractivity contribution in [3.8, 4) is 11.1 Å². The van der Waals surface area contributed by atoms with E-state index in [1.807, 2.05) is 24.4 Å². The lowest BCUT2D eigenvalue weighted by molar-refractivity contribution is -0.146. The second kappa shape index (κ2) is 6.80. The van der Waals surface area contributed by atoms with Gasteiger partial charge in [-0.05, 0) is 44.4 Å². The molecule has 0 aliphatic rings. The molecule has 0 aliphatic carbocycles. The highest BCUT2D eigenvalue weighted by molar-refractivity contribution is 7.17. The molecule has 3 aromatic rings. The zero-order chi connectivity index (χ0) is 18.1. The van der Waals surface area contributed by atoms with Crippen LogP contribution in [-0.4, -0.2) is 22.1 Å². The third-order valence-electron chi connectivity index (χ3n) is 4.38. The molecular formula is C19H20N2O3S. The molecule has 25 heavy (non-hydrogen) atoms. The van der Waals surface area contributed by atoms with Crippen molar-refractivity contribution in [2.45, 2.75) is 33.7 Å². The minimum atomic E-state index is -0.711. The number of aromatic nitrogens is 2. The summed E-state index contributed by atoms with van der Waals surface area (Å²) in [4.78, 5) is 30.0. The Balaban J connectivity index is 2.16. The molecule has 0 N–H and O–H groups in total. The van der Waals surface area contributed by atoms with Crippen LogP contribution in [0.15, 0.2) is 34.7 Å². The summed E-state index contributed by atoms with van der Waals surface area (Å²) >= 11 is 1.43. The second-order valence-electron chi connectivity index (χ2n) is 6.01. The minimum Gasteiger partial charge on any atom is -0.464 e. The van der Waals surface area contributed by atoms with E-state index in [1.54, 1.807) is 13.8 Å². The molecule has 1 atom stereocenters. The SMILES string of the molecule is CCOC(=O)[C@@H](C)n1cnc2scc(-c3ccc(C)c(C)c3)c2c1=O. The lowest BCUT2D eigenvalue weighted by Gasteiger charge is -2.13. The van der Waals surface area contributed by atoms with Gasteiger partial charge in [-0.25, -0.2) is 9.78 Å². The van der Waals surface area contributed by atoms with E-state index in [0.29, 0.717) is 10.2 Å². The fourth-order valence-electron chi connectivity index (χ4n) is 2.72. The van der Waals surface area contributed by atoms with Gasteiger partial charge in [-0.3, -0.25) is 9.36 Å². The number of hydrogen-bond acceptors (Lipinski definition) is 5. The molecule has 130 valence electrons. The molecule has 0 bridgehead atoms. The number of thiophene rings is 1. The van der Waals surface area contributed by atoms with Crippen molar-refractivity contribution in [3.63, 3.8) is 0 Å². The van der Waals surface area contributed by atoms with Gasteiger partial charge in [0.05, 0.1) is 18.3 Å². The number of rotatable bonds is 4. The maximum absolute atomic E-state index is 13.0. The third kappa shape index (κ3) is 3.09. The molecule has 0 aliphatic heterocycles. The highest BCUT2D eigenvalue weighted by Gasteiger charge is 2.21. The lowest BCUT2D eigenvalue weighted by Crippen LogP contribution is -2.29. The predicted octanol–water partition coefficient (Wildman–Crippen LogP) is 3.87. The zero-order valence-corrected chi connectivity index (χ0v) is 15.5. The molecule has 0 spiro atoms. The van der Waals surface area contributed by atoms with E-state index in [9.17, 15) is 9.59 Å².